The Labute approximate surface area is 129 Å². The predicted octanol–water partition coefficient (Wildman–Crippen LogP) is 3.21. The van der Waals surface area contributed by atoms with Gasteiger partial charge in [-0.1, -0.05) is 6.07 Å². The fourth-order valence-electron chi connectivity index (χ4n) is 2.16. The first-order valence-corrected chi connectivity index (χ1v) is 7.20. The van der Waals surface area contributed by atoms with E-state index in [4.69, 9.17) is 0 Å². The van der Waals surface area contributed by atoms with Crippen LogP contribution in [0.25, 0.3) is 0 Å². The fourth-order valence-corrected chi connectivity index (χ4v) is 2.16. The zero-order valence-electron chi connectivity index (χ0n) is 12.9. The van der Waals surface area contributed by atoms with Crippen molar-refractivity contribution in [3.05, 3.63) is 59.7 Å². The molecule has 116 valence electrons. The smallest absolute Gasteiger partial charge is 0.241 e. The maximum absolute atomic E-state index is 13.8. The van der Waals surface area contributed by atoms with Gasteiger partial charge in [-0.05, 0) is 56.2 Å². The lowest BCUT2D eigenvalue weighted by Crippen LogP contribution is -2.39. The Morgan fingerprint density at radius 2 is 1.86 bits per heavy atom. The summed E-state index contributed by atoms with van der Waals surface area (Å²) in [5.41, 5.74) is 2.05. The van der Waals surface area contributed by atoms with Crippen molar-refractivity contribution in [1.29, 1.82) is 0 Å². The molecule has 0 aliphatic heterocycles. The molecule has 0 saturated heterocycles. The number of rotatable bonds is 5. The van der Waals surface area contributed by atoms with Crippen molar-refractivity contribution in [2.45, 2.75) is 32.9 Å². The Morgan fingerprint density at radius 1 is 1.18 bits per heavy atom. The van der Waals surface area contributed by atoms with Crippen molar-refractivity contribution in [2.24, 2.45) is 0 Å². The van der Waals surface area contributed by atoms with Crippen LogP contribution in [-0.4, -0.2) is 16.9 Å². The lowest BCUT2D eigenvalue weighted by Gasteiger charge is -2.20. The normalized spacial score (nSPS) is 13.5. The van der Waals surface area contributed by atoms with E-state index in [1.165, 1.54) is 6.07 Å². The van der Waals surface area contributed by atoms with E-state index in [1.54, 1.807) is 38.4 Å². The Kier molecular flexibility index (Phi) is 5.22. The maximum atomic E-state index is 13.8. The number of hydrogen-bond acceptors (Lipinski definition) is 3. The quantitative estimate of drug-likeness (QED) is 0.891. The highest BCUT2D eigenvalue weighted by Gasteiger charge is 2.17. The van der Waals surface area contributed by atoms with Gasteiger partial charge in [0.25, 0.3) is 0 Å². The van der Waals surface area contributed by atoms with Crippen LogP contribution in [-0.2, 0) is 4.79 Å². The molecule has 0 bridgehead atoms. The second kappa shape index (κ2) is 7.13. The number of amides is 1. The van der Waals surface area contributed by atoms with Crippen LogP contribution in [0.5, 0.6) is 0 Å². The van der Waals surface area contributed by atoms with E-state index in [0.29, 0.717) is 0 Å². The number of benzene rings is 1. The molecule has 5 heteroatoms. The zero-order valence-corrected chi connectivity index (χ0v) is 12.9. The zero-order chi connectivity index (χ0) is 16.1. The minimum absolute atomic E-state index is 0.00776. The van der Waals surface area contributed by atoms with Gasteiger partial charge in [-0.2, -0.15) is 0 Å². The van der Waals surface area contributed by atoms with E-state index in [0.717, 1.165) is 11.1 Å². The summed E-state index contributed by atoms with van der Waals surface area (Å²) in [7, 11) is 0. The van der Waals surface area contributed by atoms with Gasteiger partial charge in [0.2, 0.25) is 5.91 Å². The number of pyridine rings is 1. The highest BCUT2D eigenvalue weighted by molar-refractivity contribution is 5.94. The van der Waals surface area contributed by atoms with Crippen molar-refractivity contribution >= 4 is 11.6 Å². The third-order valence-electron chi connectivity index (χ3n) is 3.48. The molecule has 0 spiro atoms. The molecule has 2 aromatic rings. The first kappa shape index (κ1) is 16.1. The van der Waals surface area contributed by atoms with E-state index in [9.17, 15) is 9.18 Å². The molecule has 0 saturated carbocycles. The molecule has 0 aliphatic carbocycles. The van der Waals surface area contributed by atoms with Gasteiger partial charge in [0.15, 0.2) is 0 Å². The van der Waals surface area contributed by atoms with Crippen molar-refractivity contribution in [3.8, 4) is 0 Å². The summed E-state index contributed by atoms with van der Waals surface area (Å²) in [6, 6.07) is 8.05. The van der Waals surface area contributed by atoms with E-state index in [1.807, 2.05) is 19.1 Å². The van der Waals surface area contributed by atoms with Crippen LogP contribution in [0.3, 0.4) is 0 Å². The molecule has 1 aromatic carbocycles. The molecular formula is C17H20FN3O. The number of hydrogen-bond donors (Lipinski definition) is 2. The lowest BCUT2D eigenvalue weighted by molar-refractivity contribution is -0.118. The van der Waals surface area contributed by atoms with Gasteiger partial charge in [0.1, 0.15) is 5.82 Å². The van der Waals surface area contributed by atoms with Gasteiger partial charge >= 0.3 is 0 Å². The minimum Gasteiger partial charge on any atom is -0.322 e. The van der Waals surface area contributed by atoms with Crippen LogP contribution < -0.4 is 10.6 Å². The molecule has 4 nitrogen and oxygen atoms in total. The molecule has 2 N–H and O–H groups in total. The highest BCUT2D eigenvalue weighted by atomic mass is 19.1. The largest absolute Gasteiger partial charge is 0.322 e. The first-order chi connectivity index (χ1) is 10.5. The molecule has 2 atom stereocenters. The molecule has 1 heterocycles. The van der Waals surface area contributed by atoms with Crippen molar-refractivity contribution in [2.75, 3.05) is 5.32 Å². The third kappa shape index (κ3) is 4.11. The summed E-state index contributed by atoms with van der Waals surface area (Å²) < 4.78 is 13.8. The second-order valence-electron chi connectivity index (χ2n) is 5.36. The monoisotopic (exact) mass is 301 g/mol. The number of halogens is 1. The van der Waals surface area contributed by atoms with Crippen LogP contribution in [0.15, 0.2) is 42.7 Å². The van der Waals surface area contributed by atoms with Gasteiger partial charge in [-0.15, -0.1) is 0 Å². The van der Waals surface area contributed by atoms with Gasteiger partial charge in [0, 0.05) is 18.4 Å². The summed E-state index contributed by atoms with van der Waals surface area (Å²) in [5, 5.41) is 5.79. The average molecular weight is 301 g/mol. The number of nitrogens with zero attached hydrogens (tertiary/aromatic N) is 1. The lowest BCUT2D eigenvalue weighted by atomic mass is 10.1. The van der Waals surface area contributed by atoms with Gasteiger partial charge in [0.05, 0.1) is 11.7 Å². The topological polar surface area (TPSA) is 54.0 Å². The number of carbonyl (C=O) groups is 1. The Bertz CT molecular complexity index is 646. The van der Waals surface area contributed by atoms with E-state index < -0.39 is 11.9 Å². The molecule has 1 aromatic heterocycles. The second-order valence-corrected chi connectivity index (χ2v) is 5.36. The summed E-state index contributed by atoms with van der Waals surface area (Å²) >= 11 is 0. The van der Waals surface area contributed by atoms with Crippen LogP contribution >= 0.6 is 0 Å². The number of carbonyl (C=O) groups excluding carboxylic acids is 1. The maximum Gasteiger partial charge on any atom is 0.241 e. The molecule has 0 aliphatic rings. The van der Waals surface area contributed by atoms with E-state index in [2.05, 4.69) is 15.6 Å². The van der Waals surface area contributed by atoms with Crippen LogP contribution in [0.2, 0.25) is 0 Å². The number of nitrogens with one attached hydrogen (secondary N) is 2. The molecule has 1 amide bonds. The van der Waals surface area contributed by atoms with Gasteiger partial charge in [-0.25, -0.2) is 4.39 Å². The Hall–Kier alpha value is -2.27. The summed E-state index contributed by atoms with van der Waals surface area (Å²) in [4.78, 5) is 16.1. The van der Waals surface area contributed by atoms with Crippen LogP contribution in [0, 0.1) is 12.7 Å². The SMILES string of the molecule is Cc1ccc(NC(=O)[C@@H](C)N[C@H](C)c2ccncc2)c(F)c1. The predicted molar refractivity (Wildman–Crippen MR) is 85.0 cm³/mol. The summed E-state index contributed by atoms with van der Waals surface area (Å²) in [5.74, 6) is -0.702. The van der Waals surface area contributed by atoms with Crippen molar-refractivity contribution in [3.63, 3.8) is 0 Å². The van der Waals surface area contributed by atoms with E-state index >= 15 is 0 Å². The summed E-state index contributed by atoms with van der Waals surface area (Å²) in [6.07, 6.45) is 3.42. The van der Waals surface area contributed by atoms with Crippen LogP contribution in [0.1, 0.15) is 31.0 Å². The molecular weight excluding hydrogens is 281 g/mol. The molecule has 0 fully saturated rings. The number of aromatic nitrogens is 1. The van der Waals surface area contributed by atoms with Crippen LogP contribution in [0.4, 0.5) is 10.1 Å². The molecule has 0 radical (unpaired) electrons. The average Bonchev–Trinajstić information content (AvgIpc) is 2.50. The van der Waals surface area contributed by atoms with Gasteiger partial charge in [-0.3, -0.25) is 15.1 Å². The van der Waals surface area contributed by atoms with E-state index in [-0.39, 0.29) is 17.6 Å². The standard InChI is InChI=1S/C17H20FN3O/c1-11-4-5-16(15(18)10-11)21-17(22)13(3)20-12(2)14-6-8-19-9-7-14/h4-10,12-13,20H,1-3H3,(H,21,22)/t12-,13-/m1/s1. The third-order valence-corrected chi connectivity index (χ3v) is 3.48. The first-order valence-electron chi connectivity index (χ1n) is 7.20. The molecule has 22 heavy (non-hydrogen) atoms. The fraction of sp³-hybridized carbons (Fsp3) is 0.294. The summed E-state index contributed by atoms with van der Waals surface area (Å²) in [6.45, 7) is 5.51. The van der Waals surface area contributed by atoms with Crippen molar-refractivity contribution in [1.82, 2.24) is 10.3 Å². The molecule has 2 rings (SSSR count). The Morgan fingerprint density at radius 3 is 2.50 bits per heavy atom. The van der Waals surface area contributed by atoms with Crippen molar-refractivity contribution < 1.29 is 9.18 Å². The number of aryl methyl sites for hydroxylation is 1. The van der Waals surface area contributed by atoms with Gasteiger partial charge < -0.3 is 5.32 Å². The Balaban J connectivity index is 1.97. The molecule has 0 unspecified atom stereocenters. The highest BCUT2D eigenvalue weighted by Crippen LogP contribution is 2.16. The minimum atomic E-state index is -0.455. The number of anilines is 1.